The number of nitrogens with two attached hydrogens (primary N) is 5. The lowest BCUT2D eigenvalue weighted by molar-refractivity contribution is 0.265. The van der Waals surface area contributed by atoms with Gasteiger partial charge in [0.15, 0.2) is 57.8 Å². The van der Waals surface area contributed by atoms with Crippen molar-refractivity contribution in [1.82, 2.24) is 88.0 Å². The van der Waals surface area contributed by atoms with E-state index in [4.69, 9.17) is 52.4 Å². The fraction of sp³-hybridized carbons (Fsp3) is 0.379. The topological polar surface area (TPSA) is 544 Å². The van der Waals surface area contributed by atoms with E-state index in [-0.39, 0.29) is 174 Å². The van der Waals surface area contributed by atoms with Gasteiger partial charge in [-0.1, -0.05) is 153 Å². The Bertz CT molecular complexity index is 5930. The summed E-state index contributed by atoms with van der Waals surface area (Å²) in [5, 5.41) is 67.7. The second-order valence-electron chi connectivity index (χ2n) is 31.3. The van der Waals surface area contributed by atoms with Gasteiger partial charge in [-0.3, -0.25) is 9.97 Å². The minimum absolute atomic E-state index is 0. The predicted octanol–water partition coefficient (Wildman–Crippen LogP) is 14.0. The number of ether oxygens (including phenoxy) is 5. The average molecular weight is 1990 g/mol. The first-order chi connectivity index (χ1) is 65.0. The molecule has 138 heavy (non-hydrogen) atoms. The van der Waals surface area contributed by atoms with E-state index in [2.05, 4.69) is 136 Å². The third kappa shape index (κ3) is 35.7. The molecule has 0 bridgehead atoms. The number of nitrogens with zero attached hydrogens (tertiary/aromatic N) is 18. The van der Waals surface area contributed by atoms with Crippen molar-refractivity contribution in [3.8, 4) is 28.7 Å². The first-order valence-corrected chi connectivity index (χ1v) is 45.1. The summed E-state index contributed by atoms with van der Waals surface area (Å²) in [6, 6.07) is 37.6. The molecule has 0 saturated heterocycles. The summed E-state index contributed by atoms with van der Waals surface area (Å²) in [5.74, 6) is 5.90. The van der Waals surface area contributed by atoms with Crippen LogP contribution in [0.2, 0.25) is 0 Å². The van der Waals surface area contributed by atoms with Gasteiger partial charge >= 0.3 is 0 Å². The first kappa shape index (κ1) is 114. The Morgan fingerprint density at radius 2 is 0.565 bits per heavy atom. The zero-order chi connectivity index (χ0) is 93.9. The van der Waals surface area contributed by atoms with Gasteiger partial charge in [-0.2, -0.15) is 92.4 Å². The number of aliphatic hydroxyl groups excluding tert-OH is 5. The van der Waals surface area contributed by atoms with E-state index in [0.29, 0.717) is 96.9 Å². The highest BCUT2D eigenvalue weighted by atomic mass is 32.1. The van der Waals surface area contributed by atoms with Gasteiger partial charge in [0.25, 0.3) is 0 Å². The molecule has 43 heteroatoms. The van der Waals surface area contributed by atoms with Gasteiger partial charge in [0.05, 0.1) is 84.8 Å². The number of pyridine rings is 5. The van der Waals surface area contributed by atoms with E-state index in [9.17, 15) is 25.5 Å². The summed E-state index contributed by atoms with van der Waals surface area (Å²) >= 11 is 0. The van der Waals surface area contributed by atoms with Gasteiger partial charge in [-0.15, -0.1) is 0 Å². The van der Waals surface area contributed by atoms with Gasteiger partial charge in [0, 0.05) is 98.3 Å². The lowest BCUT2D eigenvalue weighted by atomic mass is 10.1. The van der Waals surface area contributed by atoms with Crippen molar-refractivity contribution in [2.24, 2.45) is 0 Å². The monoisotopic (exact) mass is 1990 g/mol. The summed E-state index contributed by atoms with van der Waals surface area (Å²) < 4.78 is 35.4. The summed E-state index contributed by atoms with van der Waals surface area (Å²) in [6.07, 6.45) is 37.5. The van der Waals surface area contributed by atoms with E-state index >= 15 is 0 Å². The fourth-order valence-corrected chi connectivity index (χ4v) is 14.2. The predicted molar refractivity (Wildman–Crippen MR) is 570 cm³/mol. The lowest BCUT2D eigenvalue weighted by Gasteiger charge is -2.20. The van der Waals surface area contributed by atoms with Crippen LogP contribution in [0.1, 0.15) is 166 Å². The van der Waals surface area contributed by atoms with Crippen molar-refractivity contribution in [2.45, 2.75) is 201 Å². The van der Waals surface area contributed by atoms with Crippen LogP contribution in [0.25, 0.3) is 38.5 Å². The number of fused-ring (bicyclic) bond motifs is 5. The van der Waals surface area contributed by atoms with Gasteiger partial charge in [-0.05, 0) is 111 Å². The molecular formula is C95H134N28O10S5. The molecule has 15 rings (SSSR count). The molecule has 5 atom stereocenters. The normalized spacial score (nSPS) is 11.7. The van der Waals surface area contributed by atoms with E-state index in [1.54, 1.807) is 37.2 Å². The molecule has 0 spiro atoms. The molecule has 13 aromatic heterocycles. The number of unbranched alkanes of at least 4 members (excludes halogenated alkanes) is 3. The number of benzene rings is 2. The molecule has 38 nitrogen and oxygen atoms in total. The SMILES string of the molecule is CCCC[C@@H](CCO)Nc1nc(N)ncc1OCc1cn2ccccc2n1.CCCC[C@@H](CCO)Nc1nc(N)ncc1OCc1nccc2ccccc12.CCCC[C@@H](CO)Nc1nc(N)ncc1OCc1nccc2ccccc12.CCC[C@@H](CCO)Nc1nc(N)ncc1OCc1cn2ccccc2n1.CCC[C@@H](CO)Nc1nc(N)ncc1OCc1cn2ccccc2n1.S.S.S.S.S. The smallest absolute Gasteiger partial charge is 0.222 e. The first-order valence-electron chi connectivity index (χ1n) is 45.1. The number of imidazole rings is 3. The molecule has 0 aliphatic rings. The maximum atomic E-state index is 9.61. The van der Waals surface area contributed by atoms with Crippen molar-refractivity contribution >= 4 is 165 Å². The Kier molecular flexibility index (Phi) is 50.8. The van der Waals surface area contributed by atoms with Crippen LogP contribution in [-0.4, -0.2) is 177 Å². The molecule has 2 aromatic carbocycles. The maximum absolute atomic E-state index is 9.61. The quantitative estimate of drug-likeness (QED) is 0.0168. The van der Waals surface area contributed by atoms with Gasteiger partial charge in [0.2, 0.25) is 29.7 Å². The second kappa shape index (κ2) is 61.5. The number of hydrogen-bond acceptors (Lipinski definition) is 35. The van der Waals surface area contributed by atoms with Gasteiger partial charge in [-0.25, -0.2) is 39.9 Å². The number of nitrogens with one attached hydrogen (secondary N) is 5. The maximum Gasteiger partial charge on any atom is 0.222 e. The molecular weight excluding hydrogens is 1850 g/mol. The minimum atomic E-state index is -0.114. The zero-order valence-electron chi connectivity index (χ0n) is 78.5. The molecule has 744 valence electrons. The number of aromatic nitrogens is 18. The standard InChI is InChI=1S/C21H27N5O2.C20H25N5O2.C19H26N6O2.C18H24N6O2.C17H22N6O2.5H2S/c1-2-3-7-16(10-12-27)25-20-19(13-24-21(22)26-20)28-14-18-17-8-5-4-6-15(17)9-11-23-18;1-2-3-7-15(12-26)24-19-18(11-23-20(21)25-19)27-13-17-16-8-5-4-6-14(16)9-10-22-17;1-2-3-6-14(8-10-26)23-18-16(11-21-19(20)24-18)27-13-15-12-25-9-5-4-7-17(25)22-15;1-2-5-13(7-9-25)22-17-15(10-20-18(19)23-17)26-12-14-11-24-8-4-3-6-16(24)21-14;1-2-5-12(10-24)21-16-14(8-19-17(18)22-16)25-11-13-9-23-7-4-3-6-15(23)20-13;;;;;/h4-6,8-9,11,13,16,27H,2-3,7,10,12,14H2,1H3,(H3,22,24,25,26);4-6,8-11,15,26H,2-3,7,12-13H2,1H3,(H3,21,23,24,25);4-5,7,9,11-12,14,26H,2-3,6,8,10,13H2,1H3,(H3,20,21,23,24);3-4,6,8,10-11,13,25H,2,5,7,9,12H2,1H3,(H3,19,20,22,23);3-4,6-9,12,24H,2,5,10-11H2,1H3,(H3,18,19,21,22);5*1H2/t16-;15-;14-;13-;12-;;;;;/m00000...../s1. The largest absolute Gasteiger partial charge is 0.482 e. The second-order valence-corrected chi connectivity index (χ2v) is 31.3. The molecule has 0 aliphatic heterocycles. The van der Waals surface area contributed by atoms with Gasteiger partial charge < -0.3 is 118 Å². The molecule has 15 aromatic rings. The Balaban J connectivity index is 0.000000262. The van der Waals surface area contributed by atoms with Crippen molar-refractivity contribution in [1.29, 1.82) is 0 Å². The molecule has 20 N–H and O–H groups in total. The van der Waals surface area contributed by atoms with Crippen LogP contribution >= 0.6 is 67.5 Å². The fourth-order valence-electron chi connectivity index (χ4n) is 14.2. The molecule has 0 aliphatic carbocycles. The summed E-state index contributed by atoms with van der Waals surface area (Å²) in [7, 11) is 0. The molecule has 0 saturated carbocycles. The number of nitrogen functional groups attached to an aromatic ring is 5. The third-order valence-electron chi connectivity index (χ3n) is 21.0. The van der Waals surface area contributed by atoms with Crippen molar-refractivity contribution in [3.63, 3.8) is 0 Å². The third-order valence-corrected chi connectivity index (χ3v) is 21.0. The van der Waals surface area contributed by atoms with Crippen LogP contribution in [-0.2, 0) is 33.0 Å². The summed E-state index contributed by atoms with van der Waals surface area (Å²) in [4.78, 5) is 63.8. The van der Waals surface area contributed by atoms with Gasteiger partial charge in [0.1, 0.15) is 50.0 Å². The van der Waals surface area contributed by atoms with Crippen LogP contribution < -0.4 is 78.9 Å². The Morgan fingerprint density at radius 1 is 0.297 bits per heavy atom. The highest BCUT2D eigenvalue weighted by molar-refractivity contribution is 7.60. The van der Waals surface area contributed by atoms with E-state index in [0.717, 1.165) is 150 Å². The van der Waals surface area contributed by atoms with Crippen LogP contribution in [0, 0.1) is 0 Å². The van der Waals surface area contributed by atoms with Crippen LogP contribution in [0.3, 0.4) is 0 Å². The van der Waals surface area contributed by atoms with E-state index in [1.165, 1.54) is 6.20 Å². The van der Waals surface area contributed by atoms with E-state index < -0.39 is 0 Å². The van der Waals surface area contributed by atoms with Crippen LogP contribution in [0.15, 0.2) is 196 Å². The van der Waals surface area contributed by atoms with Crippen LogP contribution in [0.4, 0.5) is 58.8 Å². The lowest BCUT2D eigenvalue weighted by Crippen LogP contribution is -2.25. The molecule has 0 unspecified atom stereocenters. The van der Waals surface area contributed by atoms with Crippen molar-refractivity contribution < 1.29 is 49.2 Å². The molecule has 13 heterocycles. The molecule has 0 fully saturated rings. The van der Waals surface area contributed by atoms with Crippen LogP contribution in [0.5, 0.6) is 28.7 Å². The van der Waals surface area contributed by atoms with E-state index in [1.807, 2.05) is 166 Å². The Labute approximate surface area is 838 Å². The van der Waals surface area contributed by atoms with Crippen molar-refractivity contribution in [2.75, 3.05) is 88.3 Å². The highest BCUT2D eigenvalue weighted by Gasteiger charge is 2.22. The Morgan fingerprint density at radius 3 is 0.855 bits per heavy atom. The highest BCUT2D eigenvalue weighted by Crippen LogP contribution is 2.32. The number of rotatable bonds is 46. The molecule has 0 radical (unpaired) electrons. The summed E-state index contributed by atoms with van der Waals surface area (Å²) in [5.41, 5.74) is 35.3. The number of anilines is 10. The summed E-state index contributed by atoms with van der Waals surface area (Å²) in [6.45, 7) is 12.3. The number of aliphatic hydroxyl groups is 5. The average Bonchev–Trinajstić information content (AvgIpc) is 1.30. The zero-order valence-corrected chi connectivity index (χ0v) is 83.5. The number of hydrogen-bond donors (Lipinski definition) is 15. The molecule has 0 amide bonds. The minimum Gasteiger partial charge on any atom is -0.482 e. The van der Waals surface area contributed by atoms with Crippen molar-refractivity contribution in [3.05, 3.63) is 224 Å². The Hall–Kier alpha value is -12.7.